The van der Waals surface area contributed by atoms with Gasteiger partial charge in [0.05, 0.1) is 31.0 Å². The number of carbonyl (C=O) groups is 2. The summed E-state index contributed by atoms with van der Waals surface area (Å²) in [4.78, 5) is 32.7. The van der Waals surface area contributed by atoms with Gasteiger partial charge in [-0.15, -0.1) is 0 Å². The van der Waals surface area contributed by atoms with Crippen molar-refractivity contribution in [3.05, 3.63) is 106 Å². The number of carboxylic acids is 1. The Morgan fingerprint density at radius 1 is 1.00 bits per heavy atom. The highest BCUT2D eigenvalue weighted by atomic mass is 19.2. The summed E-state index contributed by atoms with van der Waals surface area (Å²) in [6.45, 7) is 7.35. The van der Waals surface area contributed by atoms with Crippen LogP contribution in [0, 0.1) is 23.3 Å². The fourth-order valence-electron chi connectivity index (χ4n) is 7.26. The third kappa shape index (κ3) is 6.56. The van der Waals surface area contributed by atoms with Crippen LogP contribution in [-0.4, -0.2) is 70.5 Å². The van der Waals surface area contributed by atoms with Crippen molar-refractivity contribution in [2.45, 2.75) is 63.8 Å². The van der Waals surface area contributed by atoms with Gasteiger partial charge in [0, 0.05) is 54.0 Å². The number of carboxylic acid groups (broad SMARTS) is 1. The summed E-state index contributed by atoms with van der Waals surface area (Å²) < 4.78 is 72.0. The first-order chi connectivity index (χ1) is 27.1. The molecule has 0 radical (unpaired) electrons. The molecule has 2 aromatic carbocycles. The first kappa shape index (κ1) is 37.4. The molecule has 2 unspecified atom stereocenters. The van der Waals surface area contributed by atoms with Crippen molar-refractivity contribution < 1.29 is 41.7 Å². The number of hydrogen-bond donors (Lipinski definition) is 5. The highest BCUT2D eigenvalue weighted by molar-refractivity contribution is 5.99. The minimum absolute atomic E-state index is 0.0444. The van der Waals surface area contributed by atoms with E-state index in [2.05, 4.69) is 36.1 Å². The SMILES string of the molecule is C[C@@H](Nc1ccn2ncc(C(=O)O)c2n1)c1cc(F)c(F)c2c1OC(C)(CN)C2.C[C@H]1Nc2ccn3ncc(c3n2)C(=O)NCC2(C)Cc3c(F)c(F)cc1c3O2. The van der Waals surface area contributed by atoms with E-state index in [1.54, 1.807) is 45.3 Å². The molecule has 15 nitrogen and oxygen atoms in total. The van der Waals surface area contributed by atoms with Crippen molar-refractivity contribution >= 4 is 34.8 Å². The second-order valence-electron chi connectivity index (χ2n) is 14.8. The fourth-order valence-corrected chi connectivity index (χ4v) is 7.26. The molecule has 6 N–H and O–H groups in total. The van der Waals surface area contributed by atoms with Crippen molar-refractivity contribution in [3.8, 4) is 11.5 Å². The van der Waals surface area contributed by atoms with Crippen molar-refractivity contribution in [2.24, 2.45) is 5.73 Å². The predicted molar refractivity (Wildman–Crippen MR) is 197 cm³/mol. The lowest BCUT2D eigenvalue weighted by molar-refractivity contribution is 0.0698. The summed E-state index contributed by atoms with van der Waals surface area (Å²) in [6.07, 6.45) is 6.22. The molecule has 3 aliphatic heterocycles. The van der Waals surface area contributed by atoms with Gasteiger partial charge >= 0.3 is 5.97 Å². The van der Waals surface area contributed by atoms with Gasteiger partial charge in [-0.2, -0.15) is 10.2 Å². The van der Waals surface area contributed by atoms with Crippen LogP contribution < -0.4 is 31.2 Å². The Labute approximate surface area is 321 Å². The van der Waals surface area contributed by atoms with Crippen LogP contribution in [-0.2, 0) is 12.8 Å². The molecule has 0 spiro atoms. The zero-order valence-electron chi connectivity index (χ0n) is 31.0. The molecule has 0 saturated heterocycles. The number of halogens is 4. The number of aromatic nitrogens is 6. The highest BCUT2D eigenvalue weighted by Gasteiger charge is 2.41. The summed E-state index contributed by atoms with van der Waals surface area (Å²) >= 11 is 0. The van der Waals surface area contributed by atoms with E-state index in [0.29, 0.717) is 39.7 Å². The van der Waals surface area contributed by atoms with Crippen molar-refractivity contribution in [1.29, 1.82) is 0 Å². The number of amides is 1. The Morgan fingerprint density at radius 2 is 1.68 bits per heavy atom. The van der Waals surface area contributed by atoms with Gasteiger partial charge in [-0.1, -0.05) is 0 Å². The number of hydrogen-bond acceptors (Lipinski definition) is 11. The van der Waals surface area contributed by atoms with E-state index >= 15 is 0 Å². The molecule has 296 valence electrons. The lowest BCUT2D eigenvalue weighted by Crippen LogP contribution is -2.44. The van der Waals surface area contributed by atoms with Gasteiger partial charge < -0.3 is 36.3 Å². The molecule has 57 heavy (non-hydrogen) atoms. The van der Waals surface area contributed by atoms with Gasteiger partial charge in [0.2, 0.25) is 0 Å². The van der Waals surface area contributed by atoms with Gasteiger partial charge in [0.15, 0.2) is 34.6 Å². The molecular weight excluding hydrogens is 752 g/mol. The molecule has 19 heteroatoms. The van der Waals surface area contributed by atoms with Crippen molar-refractivity contribution in [2.75, 3.05) is 23.7 Å². The van der Waals surface area contributed by atoms with Gasteiger partial charge in [0.1, 0.15) is 45.5 Å². The number of fused-ring (bicyclic) bond motifs is 4. The molecule has 6 aromatic rings. The minimum atomic E-state index is -1.15. The number of nitrogens with zero attached hydrogens (tertiary/aromatic N) is 6. The average Bonchev–Trinajstić information content (AvgIpc) is 3.96. The summed E-state index contributed by atoms with van der Waals surface area (Å²) in [5.41, 5.74) is 6.15. The van der Waals surface area contributed by atoms with Gasteiger partial charge in [0.25, 0.3) is 5.91 Å². The van der Waals surface area contributed by atoms with Gasteiger partial charge in [-0.3, -0.25) is 4.79 Å². The number of nitrogens with two attached hydrogens (primary N) is 1. The number of ether oxygens (including phenoxy) is 2. The number of anilines is 2. The van der Waals surface area contributed by atoms with Crippen LogP contribution in [0.4, 0.5) is 29.2 Å². The van der Waals surface area contributed by atoms with Crippen LogP contribution in [0.5, 0.6) is 11.5 Å². The van der Waals surface area contributed by atoms with Crippen LogP contribution >= 0.6 is 0 Å². The molecule has 0 fully saturated rings. The minimum Gasteiger partial charge on any atom is -0.485 e. The van der Waals surface area contributed by atoms with Crippen LogP contribution in [0.25, 0.3) is 11.3 Å². The fraction of sp³-hybridized carbons (Fsp3) is 0.316. The lowest BCUT2D eigenvalue weighted by atomic mass is 9.96. The largest absolute Gasteiger partial charge is 0.485 e. The van der Waals surface area contributed by atoms with Crippen molar-refractivity contribution in [3.63, 3.8) is 0 Å². The van der Waals surface area contributed by atoms with Crippen LogP contribution in [0.2, 0.25) is 0 Å². The molecule has 9 rings (SSSR count). The lowest BCUT2D eigenvalue weighted by Gasteiger charge is -2.25. The maximum absolute atomic E-state index is 14.4. The molecule has 4 aromatic heterocycles. The Bertz CT molecular complexity index is 2630. The standard InChI is InChI=1S/C19H19F2N5O3.C19H17F2N5O2/c1-9(24-14-3-4-26-17(25-14)12(7-23-26)18(27)28)10-5-13(20)15(21)11-6-19(2,8-22)29-16(10)11;1-9-10-5-13(20)15(21)11-6-19(2,28-16(10)11)8-22-18(27)12-7-23-26-4-3-14(24-9)25-17(12)26/h3-5,7,9H,6,8,22H2,1-2H3,(H,24,25)(H,27,28);3-5,7,9H,6,8H2,1-2H3,(H,22,27)(H,24,25)/t2*9-,19?/m11/s1. The number of rotatable bonds is 5. The normalized spacial score (nSPS) is 21.2. The molecule has 7 heterocycles. The second kappa shape index (κ2) is 13.6. The molecule has 0 saturated carbocycles. The zero-order valence-corrected chi connectivity index (χ0v) is 31.0. The monoisotopic (exact) mass is 788 g/mol. The molecular formula is C38H36F4N10O5. The molecule has 3 aliphatic rings. The van der Waals surface area contributed by atoms with E-state index in [0.717, 1.165) is 12.1 Å². The first-order valence-electron chi connectivity index (χ1n) is 17.9. The quantitative estimate of drug-likeness (QED) is 0.145. The first-order valence-corrected chi connectivity index (χ1v) is 17.9. The van der Waals surface area contributed by atoms with Crippen LogP contribution in [0.1, 0.15) is 82.7 Å². The Balaban J connectivity index is 0.000000160. The Morgan fingerprint density at radius 3 is 2.42 bits per heavy atom. The highest BCUT2D eigenvalue weighted by Crippen LogP contribution is 2.44. The summed E-state index contributed by atoms with van der Waals surface area (Å²) in [7, 11) is 0. The second-order valence-corrected chi connectivity index (χ2v) is 14.8. The van der Waals surface area contributed by atoms with E-state index in [1.807, 2.05) is 6.92 Å². The number of aromatic carboxylic acids is 1. The van der Waals surface area contributed by atoms with E-state index in [4.69, 9.17) is 15.2 Å². The topological polar surface area (TPSA) is 195 Å². The Kier molecular flexibility index (Phi) is 8.94. The maximum atomic E-state index is 14.4. The molecule has 1 amide bonds. The molecule has 0 aliphatic carbocycles. The van der Waals surface area contributed by atoms with Crippen molar-refractivity contribution in [1.82, 2.24) is 34.5 Å². The van der Waals surface area contributed by atoms with Gasteiger partial charge in [-0.05, 0) is 52.0 Å². The third-order valence-corrected chi connectivity index (χ3v) is 10.3. The van der Waals surface area contributed by atoms with Crippen LogP contribution in [0.15, 0.2) is 49.1 Å². The Hall–Kier alpha value is -6.50. The maximum Gasteiger partial charge on any atom is 0.341 e. The zero-order chi connectivity index (χ0) is 40.6. The summed E-state index contributed by atoms with van der Waals surface area (Å²) in [5.74, 6) is -3.82. The third-order valence-electron chi connectivity index (χ3n) is 10.3. The van der Waals surface area contributed by atoms with E-state index in [1.165, 1.54) is 21.4 Å². The van der Waals surface area contributed by atoms with Crippen LogP contribution in [0.3, 0.4) is 0 Å². The number of benzene rings is 2. The van der Waals surface area contributed by atoms with Gasteiger partial charge in [-0.25, -0.2) is 41.4 Å². The summed E-state index contributed by atoms with van der Waals surface area (Å²) in [5, 5.41) is 26.4. The number of nitrogens with one attached hydrogen (secondary N) is 3. The smallest absolute Gasteiger partial charge is 0.341 e. The van der Waals surface area contributed by atoms with E-state index in [-0.39, 0.29) is 59.9 Å². The number of carbonyl (C=O) groups excluding carboxylic acids is 1. The predicted octanol–water partition coefficient (Wildman–Crippen LogP) is 5.15. The average molecular weight is 789 g/mol. The molecule has 4 atom stereocenters. The molecule has 4 bridgehead atoms. The van der Waals surface area contributed by atoms with E-state index in [9.17, 15) is 32.3 Å². The summed E-state index contributed by atoms with van der Waals surface area (Å²) in [6, 6.07) is 4.63. The van der Waals surface area contributed by atoms with E-state index < -0.39 is 52.5 Å².